The summed E-state index contributed by atoms with van der Waals surface area (Å²) in [4.78, 5) is 13.3. The lowest BCUT2D eigenvalue weighted by molar-refractivity contribution is 0.0695. The number of ether oxygens (including phenoxy) is 2. The van der Waals surface area contributed by atoms with Crippen LogP contribution in [0, 0.1) is 13.8 Å². The number of aromatic nitrogens is 2. The van der Waals surface area contributed by atoms with Gasteiger partial charge in [-0.3, -0.25) is 0 Å². The lowest BCUT2D eigenvalue weighted by Crippen LogP contribution is -2.33. The number of carbonyl (C=O) groups is 1. The van der Waals surface area contributed by atoms with Crippen LogP contribution >= 0.6 is 0 Å². The molecule has 0 aromatic carbocycles. The first kappa shape index (κ1) is 16.3. The Morgan fingerprint density at radius 3 is 2.15 bits per heavy atom. The maximum absolute atomic E-state index is 11.5. The Morgan fingerprint density at radius 2 is 1.70 bits per heavy atom. The minimum absolute atomic E-state index is 0.185. The Bertz CT molecular complexity index is 457. The third kappa shape index (κ3) is 3.88. The van der Waals surface area contributed by atoms with Crippen LogP contribution in [0.5, 0.6) is 0 Å². The molecule has 0 radical (unpaired) electrons. The summed E-state index contributed by atoms with van der Waals surface area (Å²) in [6.45, 7) is 5.47. The summed E-state index contributed by atoms with van der Waals surface area (Å²) in [6.07, 6.45) is 0. The molecule has 0 aliphatic rings. The SMILES string of the molecule is COCCN(CCOC)c1nnc(C)c(C)c1C(=O)O. The van der Waals surface area contributed by atoms with Gasteiger partial charge in [-0.15, -0.1) is 5.10 Å². The summed E-state index contributed by atoms with van der Waals surface area (Å²) in [5.74, 6) is -0.648. The molecule has 0 fully saturated rings. The molecule has 1 N–H and O–H groups in total. The van der Waals surface area contributed by atoms with Crippen molar-refractivity contribution in [1.82, 2.24) is 10.2 Å². The van der Waals surface area contributed by atoms with Gasteiger partial charge in [0.15, 0.2) is 5.82 Å². The van der Waals surface area contributed by atoms with Crippen molar-refractivity contribution in [2.75, 3.05) is 45.4 Å². The zero-order chi connectivity index (χ0) is 15.1. The van der Waals surface area contributed by atoms with Crippen molar-refractivity contribution < 1.29 is 19.4 Å². The van der Waals surface area contributed by atoms with Crippen LogP contribution in [0.15, 0.2) is 0 Å². The molecule has 1 rings (SSSR count). The Balaban J connectivity index is 3.17. The first-order chi connectivity index (χ1) is 9.52. The normalized spacial score (nSPS) is 10.6. The second-order valence-electron chi connectivity index (χ2n) is 4.39. The standard InChI is InChI=1S/C13H21N3O4/c1-9-10(2)14-15-12(11(9)13(17)18)16(5-7-19-3)6-8-20-4/h5-8H2,1-4H3,(H,17,18). The van der Waals surface area contributed by atoms with Crippen molar-refractivity contribution in [2.24, 2.45) is 0 Å². The van der Waals surface area contributed by atoms with Crippen molar-refractivity contribution >= 4 is 11.8 Å². The van der Waals surface area contributed by atoms with Gasteiger partial charge < -0.3 is 19.5 Å². The summed E-state index contributed by atoms with van der Waals surface area (Å²) < 4.78 is 10.1. The van der Waals surface area contributed by atoms with Crippen molar-refractivity contribution in [1.29, 1.82) is 0 Å². The predicted molar refractivity (Wildman–Crippen MR) is 74.4 cm³/mol. The van der Waals surface area contributed by atoms with E-state index in [2.05, 4.69) is 10.2 Å². The van der Waals surface area contributed by atoms with E-state index in [1.165, 1.54) is 0 Å². The summed E-state index contributed by atoms with van der Waals surface area (Å²) in [5, 5.41) is 17.5. The van der Waals surface area contributed by atoms with Gasteiger partial charge in [-0.05, 0) is 19.4 Å². The largest absolute Gasteiger partial charge is 0.478 e. The molecule has 112 valence electrons. The van der Waals surface area contributed by atoms with E-state index in [4.69, 9.17) is 9.47 Å². The minimum Gasteiger partial charge on any atom is -0.478 e. The van der Waals surface area contributed by atoms with Crippen LogP contribution in [0.3, 0.4) is 0 Å². The van der Waals surface area contributed by atoms with Gasteiger partial charge in [0.1, 0.15) is 5.56 Å². The zero-order valence-electron chi connectivity index (χ0n) is 12.3. The summed E-state index contributed by atoms with van der Waals surface area (Å²) in [5.41, 5.74) is 1.43. The average Bonchev–Trinajstić information content (AvgIpc) is 2.42. The van der Waals surface area contributed by atoms with Crippen LogP contribution in [-0.2, 0) is 9.47 Å². The fourth-order valence-corrected chi connectivity index (χ4v) is 1.80. The molecule has 0 amide bonds. The van der Waals surface area contributed by atoms with E-state index in [1.54, 1.807) is 28.1 Å². The fraction of sp³-hybridized carbons (Fsp3) is 0.615. The third-order valence-electron chi connectivity index (χ3n) is 3.08. The Hall–Kier alpha value is -1.73. The van der Waals surface area contributed by atoms with Crippen molar-refractivity contribution in [2.45, 2.75) is 13.8 Å². The lowest BCUT2D eigenvalue weighted by atomic mass is 10.1. The molecule has 7 nitrogen and oxygen atoms in total. The molecule has 0 saturated heterocycles. The van der Waals surface area contributed by atoms with Gasteiger partial charge in [0, 0.05) is 27.3 Å². The van der Waals surface area contributed by atoms with Gasteiger partial charge in [-0.25, -0.2) is 4.79 Å². The van der Waals surface area contributed by atoms with Crippen LogP contribution in [0.1, 0.15) is 21.6 Å². The van der Waals surface area contributed by atoms with Crippen LogP contribution in [0.25, 0.3) is 0 Å². The van der Waals surface area contributed by atoms with Gasteiger partial charge in [0.25, 0.3) is 0 Å². The maximum atomic E-state index is 11.5. The number of methoxy groups -OCH3 is 2. The van der Waals surface area contributed by atoms with Gasteiger partial charge in [-0.2, -0.15) is 5.10 Å². The fourth-order valence-electron chi connectivity index (χ4n) is 1.80. The number of carboxylic acid groups (broad SMARTS) is 1. The van der Waals surface area contributed by atoms with Crippen LogP contribution in [0.2, 0.25) is 0 Å². The molecule has 0 unspecified atom stereocenters. The number of anilines is 1. The number of hydrogen-bond donors (Lipinski definition) is 1. The molecular weight excluding hydrogens is 262 g/mol. The molecule has 0 bridgehead atoms. The number of aryl methyl sites for hydroxylation is 1. The Morgan fingerprint density at radius 1 is 1.15 bits per heavy atom. The van der Waals surface area contributed by atoms with E-state index >= 15 is 0 Å². The van der Waals surface area contributed by atoms with Crippen LogP contribution < -0.4 is 4.90 Å². The summed E-state index contributed by atoms with van der Waals surface area (Å²) >= 11 is 0. The highest BCUT2D eigenvalue weighted by molar-refractivity contribution is 5.95. The summed E-state index contributed by atoms with van der Waals surface area (Å²) in [7, 11) is 3.19. The molecule has 7 heteroatoms. The smallest absolute Gasteiger partial charge is 0.339 e. The van der Waals surface area contributed by atoms with Crippen LogP contribution in [0.4, 0.5) is 5.82 Å². The monoisotopic (exact) mass is 283 g/mol. The van der Waals surface area contributed by atoms with Gasteiger partial charge >= 0.3 is 5.97 Å². The van der Waals surface area contributed by atoms with E-state index in [0.717, 1.165) is 0 Å². The molecule has 1 heterocycles. The average molecular weight is 283 g/mol. The molecule has 0 saturated carbocycles. The van der Waals surface area contributed by atoms with E-state index in [1.807, 2.05) is 4.90 Å². The second kappa shape index (κ2) is 7.76. The van der Waals surface area contributed by atoms with Gasteiger partial charge in [-0.1, -0.05) is 0 Å². The highest BCUT2D eigenvalue weighted by atomic mass is 16.5. The van der Waals surface area contributed by atoms with E-state index in [0.29, 0.717) is 43.4 Å². The van der Waals surface area contributed by atoms with Gasteiger partial charge in [0.05, 0.1) is 18.9 Å². The lowest BCUT2D eigenvalue weighted by Gasteiger charge is -2.24. The molecule has 0 spiro atoms. The predicted octanol–water partition coefficient (Wildman–Crippen LogP) is 0.891. The first-order valence-corrected chi connectivity index (χ1v) is 6.32. The van der Waals surface area contributed by atoms with Crippen molar-refractivity contribution in [3.05, 3.63) is 16.8 Å². The Labute approximate surface area is 118 Å². The molecule has 0 aliphatic heterocycles. The first-order valence-electron chi connectivity index (χ1n) is 6.32. The Kier molecular flexibility index (Phi) is 6.33. The molecule has 1 aromatic heterocycles. The number of nitrogens with zero attached hydrogens (tertiary/aromatic N) is 3. The van der Waals surface area contributed by atoms with E-state index in [-0.39, 0.29) is 5.56 Å². The number of carboxylic acids is 1. The molecule has 0 atom stereocenters. The van der Waals surface area contributed by atoms with E-state index in [9.17, 15) is 9.90 Å². The third-order valence-corrected chi connectivity index (χ3v) is 3.08. The van der Waals surface area contributed by atoms with Gasteiger partial charge in [0.2, 0.25) is 0 Å². The van der Waals surface area contributed by atoms with Crippen molar-refractivity contribution in [3.8, 4) is 0 Å². The quantitative estimate of drug-likeness (QED) is 0.758. The van der Waals surface area contributed by atoms with E-state index < -0.39 is 5.97 Å². The summed E-state index contributed by atoms with van der Waals surface area (Å²) in [6, 6.07) is 0. The molecular formula is C13H21N3O4. The molecule has 0 aliphatic carbocycles. The van der Waals surface area contributed by atoms with Crippen LogP contribution in [-0.4, -0.2) is 61.8 Å². The maximum Gasteiger partial charge on any atom is 0.339 e. The highest BCUT2D eigenvalue weighted by Crippen LogP contribution is 2.22. The molecule has 1 aromatic rings. The van der Waals surface area contributed by atoms with Crippen molar-refractivity contribution in [3.63, 3.8) is 0 Å². The number of hydrogen-bond acceptors (Lipinski definition) is 6. The zero-order valence-corrected chi connectivity index (χ0v) is 12.3. The number of aromatic carboxylic acids is 1. The number of rotatable bonds is 8. The topological polar surface area (TPSA) is 84.8 Å². The minimum atomic E-state index is -1.00. The molecule has 20 heavy (non-hydrogen) atoms. The highest BCUT2D eigenvalue weighted by Gasteiger charge is 2.22. The second-order valence-corrected chi connectivity index (χ2v) is 4.39.